The van der Waals surface area contributed by atoms with Crippen LogP contribution in [-0.4, -0.2) is 31.9 Å². The van der Waals surface area contributed by atoms with Crippen molar-refractivity contribution >= 4 is 10.0 Å². The van der Waals surface area contributed by atoms with Crippen molar-refractivity contribution in [2.24, 2.45) is 0 Å². The summed E-state index contributed by atoms with van der Waals surface area (Å²) in [5.41, 5.74) is 2.02. The Labute approximate surface area is 149 Å². The number of morpholine rings is 1. The van der Waals surface area contributed by atoms with E-state index in [9.17, 15) is 8.42 Å². The fraction of sp³-hybridized carbons (Fsp3) is 0.300. The molecule has 5 heteroatoms. The summed E-state index contributed by atoms with van der Waals surface area (Å²) in [6, 6.07) is 16.5. The third-order valence-electron chi connectivity index (χ3n) is 4.49. The van der Waals surface area contributed by atoms with E-state index in [1.165, 1.54) is 0 Å². The topological polar surface area (TPSA) is 46.6 Å². The second-order valence-electron chi connectivity index (χ2n) is 6.22. The quantitative estimate of drug-likeness (QED) is 0.767. The molecule has 0 saturated carbocycles. The number of hydrogen-bond donors (Lipinski definition) is 0. The smallest absolute Gasteiger partial charge is 0.243 e. The lowest BCUT2D eigenvalue weighted by Gasteiger charge is -2.40. The molecule has 1 aliphatic heterocycles. The van der Waals surface area contributed by atoms with Crippen molar-refractivity contribution < 1.29 is 13.2 Å². The second-order valence-corrected chi connectivity index (χ2v) is 8.11. The summed E-state index contributed by atoms with van der Waals surface area (Å²) < 4.78 is 33.9. The van der Waals surface area contributed by atoms with E-state index in [2.05, 4.69) is 6.58 Å². The first-order valence-corrected chi connectivity index (χ1v) is 9.84. The number of benzene rings is 2. The van der Waals surface area contributed by atoms with Crippen LogP contribution in [0.4, 0.5) is 0 Å². The van der Waals surface area contributed by atoms with Crippen LogP contribution in [0.2, 0.25) is 0 Å². The summed E-state index contributed by atoms with van der Waals surface area (Å²) in [6.07, 6.45) is 1.99. The van der Waals surface area contributed by atoms with E-state index >= 15 is 0 Å². The zero-order valence-electron chi connectivity index (χ0n) is 14.3. The Kier molecular flexibility index (Phi) is 5.37. The highest BCUT2D eigenvalue weighted by Crippen LogP contribution is 2.34. The van der Waals surface area contributed by atoms with Crippen molar-refractivity contribution in [1.82, 2.24) is 4.31 Å². The molecule has 3 rings (SSSR count). The van der Waals surface area contributed by atoms with E-state index in [0.717, 1.165) is 11.1 Å². The van der Waals surface area contributed by atoms with Crippen LogP contribution < -0.4 is 0 Å². The highest BCUT2D eigenvalue weighted by Gasteiger charge is 2.39. The van der Waals surface area contributed by atoms with Gasteiger partial charge in [0.1, 0.15) is 0 Å². The Balaban J connectivity index is 1.98. The predicted molar refractivity (Wildman–Crippen MR) is 98.8 cm³/mol. The van der Waals surface area contributed by atoms with Crippen LogP contribution in [0.3, 0.4) is 0 Å². The lowest BCUT2D eigenvalue weighted by atomic mass is 9.98. The van der Waals surface area contributed by atoms with Gasteiger partial charge in [-0.2, -0.15) is 4.31 Å². The maximum absolute atomic E-state index is 13.2. The number of nitrogens with zero attached hydrogens (tertiary/aromatic N) is 1. The van der Waals surface area contributed by atoms with E-state index in [4.69, 9.17) is 4.74 Å². The van der Waals surface area contributed by atoms with Gasteiger partial charge in [-0.3, -0.25) is 0 Å². The summed E-state index contributed by atoms with van der Waals surface area (Å²) in [7, 11) is -3.59. The van der Waals surface area contributed by atoms with Crippen molar-refractivity contribution in [3.05, 3.63) is 78.4 Å². The van der Waals surface area contributed by atoms with Crippen LogP contribution in [0.1, 0.15) is 23.7 Å². The fourth-order valence-corrected chi connectivity index (χ4v) is 4.83. The van der Waals surface area contributed by atoms with E-state index in [1.807, 2.05) is 49.4 Å². The van der Waals surface area contributed by atoms with Crippen molar-refractivity contribution in [2.45, 2.75) is 30.4 Å². The van der Waals surface area contributed by atoms with Crippen molar-refractivity contribution in [2.75, 3.05) is 13.2 Å². The molecule has 25 heavy (non-hydrogen) atoms. The Morgan fingerprint density at radius 2 is 1.84 bits per heavy atom. The van der Waals surface area contributed by atoms with Gasteiger partial charge in [-0.25, -0.2) is 8.42 Å². The molecule has 0 N–H and O–H groups in total. The molecule has 0 spiro atoms. The van der Waals surface area contributed by atoms with Gasteiger partial charge in [-0.05, 0) is 31.0 Å². The molecule has 0 aromatic heterocycles. The Morgan fingerprint density at radius 1 is 1.16 bits per heavy atom. The maximum Gasteiger partial charge on any atom is 0.243 e. The number of hydrogen-bond acceptors (Lipinski definition) is 3. The Bertz CT molecular complexity index is 816. The zero-order valence-corrected chi connectivity index (χ0v) is 15.2. The van der Waals surface area contributed by atoms with E-state index < -0.39 is 10.0 Å². The molecule has 1 aliphatic rings. The molecule has 2 aromatic carbocycles. The van der Waals surface area contributed by atoms with E-state index in [-0.39, 0.29) is 12.1 Å². The Morgan fingerprint density at radius 3 is 2.48 bits per heavy atom. The summed E-state index contributed by atoms with van der Waals surface area (Å²) in [6.45, 7) is 6.47. The monoisotopic (exact) mass is 357 g/mol. The zero-order chi connectivity index (χ0) is 17.9. The minimum absolute atomic E-state index is 0.298. The minimum Gasteiger partial charge on any atom is -0.370 e. The lowest BCUT2D eigenvalue weighted by molar-refractivity contribution is -0.0411. The number of sulfonamides is 1. The van der Waals surface area contributed by atoms with Gasteiger partial charge in [0.25, 0.3) is 0 Å². The summed E-state index contributed by atoms with van der Waals surface area (Å²) >= 11 is 0. The molecule has 0 unspecified atom stereocenters. The molecule has 132 valence electrons. The first kappa shape index (κ1) is 17.9. The minimum atomic E-state index is -3.59. The van der Waals surface area contributed by atoms with E-state index in [1.54, 1.807) is 22.5 Å². The van der Waals surface area contributed by atoms with Crippen molar-refractivity contribution in [3.8, 4) is 0 Å². The lowest BCUT2D eigenvalue weighted by Crippen LogP contribution is -2.49. The highest BCUT2D eigenvalue weighted by molar-refractivity contribution is 7.89. The molecule has 1 saturated heterocycles. The standard InChI is InChI=1S/C20H23NO3S/c1-3-7-19-20(17-8-5-4-6-9-17)24-15-14-21(19)25(22,23)18-12-10-16(2)11-13-18/h3-6,8-13,19-20H,1,7,14-15H2,2H3/t19-,20+/m0/s1. The first-order chi connectivity index (χ1) is 12.0. The molecule has 0 bridgehead atoms. The number of rotatable bonds is 5. The predicted octanol–water partition coefficient (Wildman–Crippen LogP) is 3.70. The van der Waals surface area contributed by atoms with Gasteiger partial charge in [-0.15, -0.1) is 6.58 Å². The van der Waals surface area contributed by atoms with Crippen molar-refractivity contribution in [3.63, 3.8) is 0 Å². The van der Waals surface area contributed by atoms with Gasteiger partial charge in [0.05, 0.1) is 23.6 Å². The van der Waals surface area contributed by atoms with Crippen LogP contribution >= 0.6 is 0 Å². The first-order valence-electron chi connectivity index (χ1n) is 8.40. The molecule has 0 amide bonds. The SMILES string of the molecule is C=CC[C@H]1[C@@H](c2ccccc2)OCCN1S(=O)(=O)c1ccc(C)cc1. The van der Waals surface area contributed by atoms with Gasteiger partial charge >= 0.3 is 0 Å². The molecule has 4 nitrogen and oxygen atoms in total. The summed E-state index contributed by atoms with van der Waals surface area (Å²) in [4.78, 5) is 0.320. The van der Waals surface area contributed by atoms with Gasteiger partial charge < -0.3 is 4.74 Å². The van der Waals surface area contributed by atoms with Crippen LogP contribution in [0.15, 0.2) is 72.1 Å². The maximum atomic E-state index is 13.2. The van der Waals surface area contributed by atoms with Crippen LogP contribution in [0.25, 0.3) is 0 Å². The molecular formula is C20H23NO3S. The highest BCUT2D eigenvalue weighted by atomic mass is 32.2. The van der Waals surface area contributed by atoms with Gasteiger partial charge in [0, 0.05) is 6.54 Å². The largest absolute Gasteiger partial charge is 0.370 e. The normalized spacial score (nSPS) is 21.8. The molecule has 1 heterocycles. The number of aryl methyl sites for hydroxylation is 1. The Hall–Kier alpha value is -1.95. The molecule has 1 fully saturated rings. The van der Waals surface area contributed by atoms with Gasteiger partial charge in [0.2, 0.25) is 10.0 Å². The average molecular weight is 357 g/mol. The van der Waals surface area contributed by atoms with Gasteiger partial charge in [0.15, 0.2) is 0 Å². The van der Waals surface area contributed by atoms with Crippen LogP contribution in [-0.2, 0) is 14.8 Å². The average Bonchev–Trinajstić information content (AvgIpc) is 2.63. The van der Waals surface area contributed by atoms with Crippen LogP contribution in [0, 0.1) is 6.92 Å². The molecule has 0 aliphatic carbocycles. The van der Waals surface area contributed by atoms with Gasteiger partial charge in [-0.1, -0.05) is 54.1 Å². The van der Waals surface area contributed by atoms with E-state index in [0.29, 0.717) is 24.5 Å². The third-order valence-corrected chi connectivity index (χ3v) is 6.43. The molecule has 0 radical (unpaired) electrons. The van der Waals surface area contributed by atoms with Crippen LogP contribution in [0.5, 0.6) is 0 Å². The fourth-order valence-electron chi connectivity index (χ4n) is 3.21. The number of ether oxygens (including phenoxy) is 1. The third kappa shape index (κ3) is 3.68. The molecule has 2 atom stereocenters. The van der Waals surface area contributed by atoms with Crippen molar-refractivity contribution in [1.29, 1.82) is 0 Å². The molecular weight excluding hydrogens is 334 g/mol. The summed E-state index contributed by atoms with van der Waals surface area (Å²) in [5.74, 6) is 0. The second kappa shape index (κ2) is 7.52. The molecule has 2 aromatic rings. The summed E-state index contributed by atoms with van der Waals surface area (Å²) in [5, 5.41) is 0.